The van der Waals surface area contributed by atoms with E-state index in [-0.39, 0.29) is 35.8 Å². The van der Waals surface area contributed by atoms with Gasteiger partial charge in [-0.3, -0.25) is 19.3 Å². The topological polar surface area (TPSA) is 161 Å². The van der Waals surface area contributed by atoms with Gasteiger partial charge >= 0.3 is 12.1 Å². The number of ether oxygens (including phenoxy) is 5. The number of nitrogens with zero attached hydrogens (tertiary/aromatic N) is 3. The Morgan fingerprint density at radius 1 is 0.842 bits per heavy atom. The van der Waals surface area contributed by atoms with E-state index >= 15 is 4.39 Å². The number of nitrogens with one attached hydrogen (secondary N) is 2. The number of anilines is 1. The van der Waals surface area contributed by atoms with Crippen LogP contribution in [0.2, 0.25) is 0 Å². The van der Waals surface area contributed by atoms with Crippen molar-refractivity contribution in [1.82, 2.24) is 19.7 Å². The van der Waals surface area contributed by atoms with E-state index in [9.17, 15) is 19.2 Å². The molecule has 2 aromatic heterocycles. The maximum absolute atomic E-state index is 15.5. The van der Waals surface area contributed by atoms with E-state index in [1.165, 1.54) is 48.8 Å². The Morgan fingerprint density at radius 2 is 1.53 bits per heavy atom. The lowest BCUT2D eigenvalue weighted by Crippen LogP contribution is -2.41. The number of carbonyl (C=O) groups excluding carboxylic acids is 3. The molecule has 0 fully saturated rings. The van der Waals surface area contributed by atoms with Crippen molar-refractivity contribution in [2.45, 2.75) is 46.1 Å². The Labute approximate surface area is 326 Å². The van der Waals surface area contributed by atoms with Gasteiger partial charge in [0.05, 0.1) is 37.7 Å². The van der Waals surface area contributed by atoms with E-state index in [4.69, 9.17) is 23.7 Å². The molecule has 2 heterocycles. The average molecular weight is 778 g/mol. The van der Waals surface area contributed by atoms with Crippen molar-refractivity contribution in [3.63, 3.8) is 0 Å². The molecule has 2 atom stereocenters. The van der Waals surface area contributed by atoms with Crippen LogP contribution in [-0.2, 0) is 27.4 Å². The van der Waals surface area contributed by atoms with Crippen molar-refractivity contribution in [3.8, 4) is 28.7 Å². The van der Waals surface area contributed by atoms with Gasteiger partial charge in [-0.05, 0) is 62.7 Å². The molecule has 57 heavy (non-hydrogen) atoms. The SMILES string of the molecule is COc1cc2nccc(Oc3ccc(NC(=O)c4c(C)n(CC(C)OC(=O)C(C)NC(=O)OCc5ccccc5)n(-c5ccccc5)c4=O)cc3F)c2cc1OC. The molecule has 14 nitrogen and oxygen atoms in total. The van der Waals surface area contributed by atoms with Crippen molar-refractivity contribution in [2.24, 2.45) is 0 Å². The smallest absolute Gasteiger partial charge is 0.408 e. The van der Waals surface area contributed by atoms with Gasteiger partial charge in [-0.15, -0.1) is 0 Å². The fourth-order valence-corrected chi connectivity index (χ4v) is 6.05. The van der Waals surface area contributed by atoms with Crippen molar-refractivity contribution in [2.75, 3.05) is 19.5 Å². The second-order valence-electron chi connectivity index (χ2n) is 12.9. The van der Waals surface area contributed by atoms with Gasteiger partial charge in [-0.2, -0.15) is 0 Å². The van der Waals surface area contributed by atoms with Crippen LogP contribution in [0.25, 0.3) is 16.6 Å². The number of fused-ring (bicyclic) bond motifs is 1. The van der Waals surface area contributed by atoms with E-state index < -0.39 is 41.5 Å². The fraction of sp³-hybridized carbons (Fsp3) is 0.214. The van der Waals surface area contributed by atoms with Crippen molar-refractivity contribution in [1.29, 1.82) is 0 Å². The molecule has 4 aromatic carbocycles. The highest BCUT2D eigenvalue weighted by molar-refractivity contribution is 6.05. The summed E-state index contributed by atoms with van der Waals surface area (Å²) < 4.78 is 45.8. The zero-order valence-corrected chi connectivity index (χ0v) is 31.8. The monoisotopic (exact) mass is 777 g/mol. The number of carbonyl (C=O) groups is 3. The van der Waals surface area contributed by atoms with Gasteiger partial charge in [0, 0.05) is 29.4 Å². The van der Waals surface area contributed by atoms with Crippen LogP contribution in [0.15, 0.2) is 108 Å². The van der Waals surface area contributed by atoms with Gasteiger partial charge in [0.15, 0.2) is 23.1 Å². The molecule has 0 spiro atoms. The molecule has 0 saturated carbocycles. The number of rotatable bonds is 14. The molecule has 2 amide bonds. The van der Waals surface area contributed by atoms with Crippen molar-refractivity contribution in [3.05, 3.63) is 136 Å². The molecule has 0 aliphatic carbocycles. The maximum atomic E-state index is 15.5. The Morgan fingerprint density at radius 3 is 2.21 bits per heavy atom. The summed E-state index contributed by atoms with van der Waals surface area (Å²) in [7, 11) is 3.00. The molecule has 294 valence electrons. The zero-order valence-electron chi connectivity index (χ0n) is 31.8. The largest absolute Gasteiger partial charge is 0.493 e. The second kappa shape index (κ2) is 17.5. The Balaban J connectivity index is 1.17. The van der Waals surface area contributed by atoms with Gasteiger partial charge in [0.2, 0.25) is 0 Å². The number of amides is 2. The molecule has 15 heteroatoms. The molecule has 0 aliphatic rings. The van der Waals surface area contributed by atoms with E-state index in [0.717, 1.165) is 11.6 Å². The Kier molecular flexibility index (Phi) is 12.2. The number of benzene rings is 4. The number of halogens is 1. The number of alkyl carbamates (subject to hydrolysis) is 1. The Bertz CT molecular complexity index is 2470. The van der Waals surface area contributed by atoms with Gasteiger partial charge in [0.25, 0.3) is 11.5 Å². The first-order valence-corrected chi connectivity index (χ1v) is 17.8. The van der Waals surface area contributed by atoms with Crippen LogP contribution in [0, 0.1) is 12.7 Å². The van der Waals surface area contributed by atoms with Gasteiger partial charge in [-0.1, -0.05) is 48.5 Å². The van der Waals surface area contributed by atoms with Crippen molar-refractivity contribution >= 4 is 34.6 Å². The molecule has 0 saturated heterocycles. The highest BCUT2D eigenvalue weighted by Crippen LogP contribution is 2.37. The third kappa shape index (κ3) is 9.05. The maximum Gasteiger partial charge on any atom is 0.408 e. The second-order valence-corrected chi connectivity index (χ2v) is 12.9. The quantitative estimate of drug-likeness (QED) is 0.111. The van der Waals surface area contributed by atoms with E-state index in [1.807, 2.05) is 18.2 Å². The first-order valence-electron chi connectivity index (χ1n) is 17.8. The summed E-state index contributed by atoms with van der Waals surface area (Å²) in [5, 5.41) is 5.63. The van der Waals surface area contributed by atoms with Crippen LogP contribution in [-0.4, -0.2) is 58.7 Å². The third-order valence-electron chi connectivity index (χ3n) is 8.89. The van der Waals surface area contributed by atoms with Gasteiger partial charge in [-0.25, -0.2) is 18.7 Å². The molecule has 0 bridgehead atoms. The van der Waals surface area contributed by atoms with Crippen LogP contribution >= 0.6 is 0 Å². The fourth-order valence-electron chi connectivity index (χ4n) is 6.05. The summed E-state index contributed by atoms with van der Waals surface area (Å²) in [6.45, 7) is 4.64. The summed E-state index contributed by atoms with van der Waals surface area (Å²) >= 11 is 0. The van der Waals surface area contributed by atoms with Crippen LogP contribution in [0.1, 0.15) is 35.5 Å². The lowest BCUT2D eigenvalue weighted by atomic mass is 10.1. The molecule has 2 unspecified atom stereocenters. The van der Waals surface area contributed by atoms with Gasteiger partial charge < -0.3 is 34.3 Å². The molecule has 0 radical (unpaired) electrons. The van der Waals surface area contributed by atoms with Crippen LogP contribution in [0.3, 0.4) is 0 Å². The lowest BCUT2D eigenvalue weighted by molar-refractivity contribution is -0.151. The number of para-hydroxylation sites is 1. The average Bonchev–Trinajstić information content (AvgIpc) is 3.45. The minimum Gasteiger partial charge on any atom is -0.493 e. The van der Waals surface area contributed by atoms with Gasteiger partial charge in [0.1, 0.15) is 30.1 Å². The predicted octanol–water partition coefficient (Wildman–Crippen LogP) is 6.94. The number of hydrogen-bond acceptors (Lipinski definition) is 10. The highest BCUT2D eigenvalue weighted by atomic mass is 19.1. The number of methoxy groups -OCH3 is 2. The summed E-state index contributed by atoms with van der Waals surface area (Å²) in [4.78, 5) is 57.3. The van der Waals surface area contributed by atoms with Crippen molar-refractivity contribution < 1.29 is 42.5 Å². The molecular formula is C42H40FN5O9. The summed E-state index contributed by atoms with van der Waals surface area (Å²) in [5.41, 5.74) is 1.24. The molecule has 6 rings (SSSR count). The minimum absolute atomic E-state index is 0.0241. The number of hydrogen-bond donors (Lipinski definition) is 2. The summed E-state index contributed by atoms with van der Waals surface area (Å²) in [5.74, 6) is -1.21. The predicted molar refractivity (Wildman–Crippen MR) is 209 cm³/mol. The number of esters is 1. The van der Waals surface area contributed by atoms with Crippen LogP contribution < -0.4 is 30.4 Å². The lowest BCUT2D eigenvalue weighted by Gasteiger charge is -2.21. The third-order valence-corrected chi connectivity index (χ3v) is 8.89. The van der Waals surface area contributed by atoms with E-state index in [1.54, 1.807) is 74.5 Å². The molecule has 2 N–H and O–H groups in total. The van der Waals surface area contributed by atoms with E-state index in [2.05, 4.69) is 15.6 Å². The number of aromatic nitrogens is 3. The molecular weight excluding hydrogens is 737 g/mol. The summed E-state index contributed by atoms with van der Waals surface area (Å²) in [6.07, 6.45) is -0.0967. The van der Waals surface area contributed by atoms with Crippen LogP contribution in [0.4, 0.5) is 14.9 Å². The Hall–Kier alpha value is -7.16. The standard InChI is InChI=1S/C42H40FN5O9/c1-25(56-41(51)26(2)45-42(52)55-24-28-12-8-6-9-13-28)23-47-27(3)38(40(50)48(47)30-14-10-7-11-15-30)39(49)46-29-16-17-35(32(43)20-29)57-34-18-19-44-33-22-37(54-5)36(53-4)21-31(33)34/h6-22,25-26H,23-24H2,1-5H3,(H,45,52)(H,46,49). The first kappa shape index (κ1) is 39.5. The molecule has 0 aliphatic heterocycles. The highest BCUT2D eigenvalue weighted by Gasteiger charge is 2.27. The number of pyridine rings is 1. The minimum atomic E-state index is -1.05. The van der Waals surface area contributed by atoms with E-state index in [0.29, 0.717) is 33.8 Å². The van der Waals surface area contributed by atoms with Crippen LogP contribution in [0.5, 0.6) is 23.0 Å². The summed E-state index contributed by atoms with van der Waals surface area (Å²) in [6, 6.07) is 25.5. The molecule has 6 aromatic rings. The first-order chi connectivity index (χ1) is 27.5. The zero-order chi connectivity index (χ0) is 40.6. The normalized spacial score (nSPS) is 12.0.